The molecule has 1 aromatic rings. The van der Waals surface area contributed by atoms with Crippen LogP contribution >= 0.6 is 0 Å². The molecule has 1 fully saturated rings. The summed E-state index contributed by atoms with van der Waals surface area (Å²) in [6.45, 7) is 7.91. The van der Waals surface area contributed by atoms with Gasteiger partial charge in [-0.15, -0.1) is 0 Å². The van der Waals surface area contributed by atoms with Gasteiger partial charge in [-0.1, -0.05) is 25.1 Å². The minimum atomic E-state index is 1.10. The van der Waals surface area contributed by atoms with E-state index < -0.39 is 0 Å². The first-order valence-corrected chi connectivity index (χ1v) is 5.67. The normalized spacial score (nSPS) is 19.0. The van der Waals surface area contributed by atoms with Gasteiger partial charge < -0.3 is 10.3 Å². The molecule has 3 heteroatoms. The molecule has 1 N–H and O–H groups in total. The summed E-state index contributed by atoms with van der Waals surface area (Å²) in [5.74, 6) is 0. The quantitative estimate of drug-likeness (QED) is 0.809. The Morgan fingerprint density at radius 1 is 1.07 bits per heavy atom. The summed E-state index contributed by atoms with van der Waals surface area (Å²) < 4.78 is 0. The van der Waals surface area contributed by atoms with Crippen molar-refractivity contribution < 1.29 is 0 Å². The van der Waals surface area contributed by atoms with Crippen molar-refractivity contribution in [3.05, 3.63) is 30.3 Å². The maximum Gasteiger partial charge on any atom is 0.0490 e. The van der Waals surface area contributed by atoms with Crippen LogP contribution in [0.5, 0.6) is 0 Å². The Morgan fingerprint density at radius 2 is 1.73 bits per heavy atom. The molecule has 1 aliphatic rings. The topological polar surface area (TPSA) is 18.5 Å². The molecule has 0 spiro atoms. The number of nitrogens with one attached hydrogen (secondary N) is 1. The summed E-state index contributed by atoms with van der Waals surface area (Å²) in [5, 5.41) is 2.29. The summed E-state index contributed by atoms with van der Waals surface area (Å²) in [5.41, 5.74) is 4.61. The van der Waals surface area contributed by atoms with E-state index in [-0.39, 0.29) is 0 Å². The molecule has 0 saturated carbocycles. The summed E-state index contributed by atoms with van der Waals surface area (Å²) >= 11 is 0. The first kappa shape index (κ1) is 10.5. The Labute approximate surface area is 91.7 Å². The second kappa shape index (κ2) is 5.14. The Hall–Kier alpha value is -1.06. The smallest absolute Gasteiger partial charge is 0.0490 e. The van der Waals surface area contributed by atoms with Crippen LogP contribution in [0.3, 0.4) is 0 Å². The molecule has 0 aromatic heterocycles. The van der Waals surface area contributed by atoms with Gasteiger partial charge in [-0.25, -0.2) is 5.01 Å². The summed E-state index contributed by atoms with van der Waals surface area (Å²) in [4.78, 5) is 2.48. The van der Waals surface area contributed by atoms with Gasteiger partial charge in [0.05, 0.1) is 0 Å². The van der Waals surface area contributed by atoms with Gasteiger partial charge in [0.1, 0.15) is 0 Å². The molecule has 3 nitrogen and oxygen atoms in total. The van der Waals surface area contributed by atoms with Gasteiger partial charge in [0.25, 0.3) is 0 Å². The highest BCUT2D eigenvalue weighted by molar-refractivity contribution is 5.41. The van der Waals surface area contributed by atoms with Crippen molar-refractivity contribution >= 4 is 5.69 Å². The zero-order valence-corrected chi connectivity index (χ0v) is 9.32. The lowest BCUT2D eigenvalue weighted by molar-refractivity contribution is 0.159. The third kappa shape index (κ3) is 2.94. The number of hydrazine groups is 1. The lowest BCUT2D eigenvalue weighted by Gasteiger charge is -2.34. The van der Waals surface area contributed by atoms with E-state index in [0.29, 0.717) is 0 Å². The summed E-state index contributed by atoms with van der Waals surface area (Å²) in [6, 6.07) is 10.4. The second-order valence-electron chi connectivity index (χ2n) is 3.90. The van der Waals surface area contributed by atoms with Crippen LogP contribution in [-0.2, 0) is 0 Å². The van der Waals surface area contributed by atoms with E-state index in [9.17, 15) is 0 Å². The van der Waals surface area contributed by atoms with Gasteiger partial charge in [0.2, 0.25) is 0 Å². The SMILES string of the molecule is CCN1CCN(Nc2ccccc2)CC1. The predicted molar refractivity (Wildman–Crippen MR) is 63.8 cm³/mol. The molecule has 0 atom stereocenters. The second-order valence-corrected chi connectivity index (χ2v) is 3.90. The molecule has 0 bridgehead atoms. The lowest BCUT2D eigenvalue weighted by atomic mass is 10.3. The third-order valence-electron chi connectivity index (χ3n) is 2.88. The summed E-state index contributed by atoms with van der Waals surface area (Å²) in [6.07, 6.45) is 0. The van der Waals surface area contributed by atoms with Gasteiger partial charge in [-0.3, -0.25) is 0 Å². The van der Waals surface area contributed by atoms with Crippen LogP contribution in [0.25, 0.3) is 0 Å². The molecule has 2 rings (SSSR count). The molecule has 1 aromatic carbocycles. The van der Waals surface area contributed by atoms with Crippen LogP contribution in [-0.4, -0.2) is 42.6 Å². The van der Waals surface area contributed by atoms with Crippen molar-refractivity contribution in [2.45, 2.75) is 6.92 Å². The van der Waals surface area contributed by atoms with Crippen molar-refractivity contribution in [2.75, 3.05) is 38.1 Å². The molecule has 15 heavy (non-hydrogen) atoms. The molecule has 0 radical (unpaired) electrons. The van der Waals surface area contributed by atoms with Crippen LogP contribution in [0.2, 0.25) is 0 Å². The van der Waals surface area contributed by atoms with Crippen molar-refractivity contribution in [3.63, 3.8) is 0 Å². The van der Waals surface area contributed by atoms with Gasteiger partial charge in [0, 0.05) is 31.9 Å². The van der Waals surface area contributed by atoms with Gasteiger partial charge in [-0.05, 0) is 18.7 Å². The van der Waals surface area contributed by atoms with Crippen molar-refractivity contribution in [1.29, 1.82) is 0 Å². The van der Waals surface area contributed by atoms with Crippen LogP contribution in [0.1, 0.15) is 6.92 Å². The number of benzene rings is 1. The fourth-order valence-electron chi connectivity index (χ4n) is 1.87. The van der Waals surface area contributed by atoms with Crippen LogP contribution in [0, 0.1) is 0 Å². The zero-order chi connectivity index (χ0) is 10.5. The van der Waals surface area contributed by atoms with E-state index in [1.807, 2.05) is 6.07 Å². The average Bonchev–Trinajstić information content (AvgIpc) is 2.31. The van der Waals surface area contributed by atoms with E-state index in [2.05, 4.69) is 46.5 Å². The molecule has 1 saturated heterocycles. The number of hydrogen-bond acceptors (Lipinski definition) is 3. The molecule has 0 aliphatic carbocycles. The number of likely N-dealkylation sites (N-methyl/N-ethyl adjacent to an activating group) is 1. The van der Waals surface area contributed by atoms with Crippen molar-refractivity contribution in [3.8, 4) is 0 Å². The maximum atomic E-state index is 3.43. The maximum absolute atomic E-state index is 3.43. The minimum absolute atomic E-state index is 1.10. The van der Waals surface area contributed by atoms with Gasteiger partial charge >= 0.3 is 0 Å². The number of nitrogens with zero attached hydrogens (tertiary/aromatic N) is 2. The standard InChI is InChI=1S/C12H19N3/c1-2-14-8-10-15(11-9-14)13-12-6-4-3-5-7-12/h3-7,13H,2,8-11H2,1H3. The van der Waals surface area contributed by atoms with Crippen molar-refractivity contribution in [1.82, 2.24) is 9.91 Å². The number of para-hydroxylation sites is 1. The Balaban J connectivity index is 1.82. The van der Waals surface area contributed by atoms with Crippen molar-refractivity contribution in [2.24, 2.45) is 0 Å². The van der Waals surface area contributed by atoms with Crippen LogP contribution in [0.15, 0.2) is 30.3 Å². The van der Waals surface area contributed by atoms with E-state index in [0.717, 1.165) is 26.2 Å². The molecule has 0 unspecified atom stereocenters. The van der Waals surface area contributed by atoms with Crippen LogP contribution < -0.4 is 5.43 Å². The highest BCUT2D eigenvalue weighted by Crippen LogP contribution is 2.08. The van der Waals surface area contributed by atoms with E-state index in [1.54, 1.807) is 0 Å². The van der Waals surface area contributed by atoms with E-state index >= 15 is 0 Å². The monoisotopic (exact) mass is 205 g/mol. The lowest BCUT2D eigenvalue weighted by Crippen LogP contribution is -2.48. The molecular formula is C12H19N3. The largest absolute Gasteiger partial charge is 0.319 e. The van der Waals surface area contributed by atoms with Crippen LogP contribution in [0.4, 0.5) is 5.69 Å². The Bertz CT molecular complexity index is 278. The molecule has 82 valence electrons. The van der Waals surface area contributed by atoms with Gasteiger partial charge in [0.15, 0.2) is 0 Å². The first-order valence-electron chi connectivity index (χ1n) is 5.67. The Kier molecular flexibility index (Phi) is 3.59. The first-order chi connectivity index (χ1) is 7.38. The Morgan fingerprint density at radius 3 is 2.33 bits per heavy atom. The minimum Gasteiger partial charge on any atom is -0.319 e. The number of piperazine rings is 1. The predicted octanol–water partition coefficient (Wildman–Crippen LogP) is 1.65. The number of anilines is 1. The highest BCUT2D eigenvalue weighted by atomic mass is 15.5. The fraction of sp³-hybridized carbons (Fsp3) is 0.500. The number of rotatable bonds is 3. The average molecular weight is 205 g/mol. The zero-order valence-electron chi connectivity index (χ0n) is 9.32. The number of hydrogen-bond donors (Lipinski definition) is 1. The summed E-state index contributed by atoms with van der Waals surface area (Å²) in [7, 11) is 0. The molecule has 0 amide bonds. The highest BCUT2D eigenvalue weighted by Gasteiger charge is 2.14. The molecule has 1 heterocycles. The van der Waals surface area contributed by atoms with Gasteiger partial charge in [-0.2, -0.15) is 0 Å². The third-order valence-corrected chi connectivity index (χ3v) is 2.88. The molecular weight excluding hydrogens is 186 g/mol. The van der Waals surface area contributed by atoms with E-state index in [1.165, 1.54) is 12.2 Å². The van der Waals surface area contributed by atoms with E-state index in [4.69, 9.17) is 0 Å². The fourth-order valence-corrected chi connectivity index (χ4v) is 1.87. The molecule has 1 aliphatic heterocycles.